The van der Waals surface area contributed by atoms with Crippen LogP contribution in [-0.2, 0) is 19.7 Å². The molecule has 0 aliphatic carbocycles. The van der Waals surface area contributed by atoms with Crippen LogP contribution in [-0.4, -0.2) is 76.9 Å². The second-order valence-corrected chi connectivity index (χ2v) is 14.1. The van der Waals surface area contributed by atoms with Gasteiger partial charge in [-0.1, -0.05) is 72.8 Å². The minimum Gasteiger partial charge on any atom is -0.481 e. The molecular formula is C39H49N3O7. The van der Waals surface area contributed by atoms with Crippen LogP contribution in [0.15, 0.2) is 84.9 Å². The van der Waals surface area contributed by atoms with Gasteiger partial charge in [0.05, 0.1) is 15.8 Å². The first kappa shape index (κ1) is 36.2. The minimum atomic E-state index is -1.55. The zero-order chi connectivity index (χ0) is 35.2. The van der Waals surface area contributed by atoms with Gasteiger partial charge in [-0.2, -0.15) is 0 Å². The van der Waals surface area contributed by atoms with Gasteiger partial charge in [0.2, 0.25) is 0 Å². The van der Waals surface area contributed by atoms with Crippen LogP contribution in [0.1, 0.15) is 75.5 Å². The summed E-state index contributed by atoms with van der Waals surface area (Å²) in [5.41, 5.74) is -0.241. The van der Waals surface area contributed by atoms with E-state index in [-0.39, 0.29) is 17.5 Å². The van der Waals surface area contributed by atoms with Gasteiger partial charge >= 0.3 is 11.9 Å². The van der Waals surface area contributed by atoms with E-state index in [1.807, 2.05) is 0 Å². The number of rotatable bonds is 14. The molecule has 3 aromatic rings. The topological polar surface area (TPSA) is 142 Å². The standard InChI is InChI=1S/C39H49N3O7/c1-28-37(3,35(43)44)34(30-13-10-18-33(27-30)42(47)48)39(36(45)46,29(2)40-28)19-11-25-49-26-12-22-41-23-20-38(21-24-41,31-14-6-4-7-15-31)32-16-8-5-9-17-32/h4-10,13-18,27-29,34,40H,11-12,19-26H2,1-3H3,(H,43,44)(H,45,46)/t28-,29?,34?,37?,39?/m1/s1. The fourth-order valence-electron chi connectivity index (χ4n) is 8.65. The second-order valence-electron chi connectivity index (χ2n) is 14.1. The highest BCUT2D eigenvalue weighted by molar-refractivity contribution is 5.84. The van der Waals surface area contributed by atoms with Crippen molar-refractivity contribution in [3.63, 3.8) is 0 Å². The monoisotopic (exact) mass is 671 g/mol. The Morgan fingerprint density at radius 3 is 2.02 bits per heavy atom. The molecule has 0 amide bonds. The number of piperidine rings is 2. The van der Waals surface area contributed by atoms with E-state index in [0.29, 0.717) is 25.2 Å². The minimum absolute atomic E-state index is 0.00221. The summed E-state index contributed by atoms with van der Waals surface area (Å²) in [6.45, 7) is 8.77. The lowest BCUT2D eigenvalue weighted by Gasteiger charge is -2.56. The summed E-state index contributed by atoms with van der Waals surface area (Å²) in [5, 5.41) is 36.2. The Hall–Kier alpha value is -4.12. The summed E-state index contributed by atoms with van der Waals surface area (Å²) >= 11 is 0. The predicted octanol–water partition coefficient (Wildman–Crippen LogP) is 6.49. The zero-order valence-electron chi connectivity index (χ0n) is 28.7. The van der Waals surface area contributed by atoms with Crippen molar-refractivity contribution < 1.29 is 29.5 Å². The summed E-state index contributed by atoms with van der Waals surface area (Å²) in [7, 11) is 0. The maximum absolute atomic E-state index is 13.3. The Morgan fingerprint density at radius 2 is 1.47 bits per heavy atom. The molecule has 4 unspecified atom stereocenters. The Bertz CT molecular complexity index is 1550. The zero-order valence-corrected chi connectivity index (χ0v) is 28.7. The molecule has 3 aromatic carbocycles. The van der Waals surface area contributed by atoms with E-state index in [4.69, 9.17) is 4.74 Å². The van der Waals surface area contributed by atoms with Crippen molar-refractivity contribution in [2.45, 2.75) is 76.3 Å². The Kier molecular flexibility index (Phi) is 11.2. The molecule has 262 valence electrons. The van der Waals surface area contributed by atoms with Crippen molar-refractivity contribution in [1.29, 1.82) is 0 Å². The van der Waals surface area contributed by atoms with Crippen LogP contribution in [0.2, 0.25) is 0 Å². The third-order valence-corrected chi connectivity index (χ3v) is 11.6. The first-order chi connectivity index (χ1) is 23.5. The number of nitrogens with zero attached hydrogens (tertiary/aromatic N) is 2. The van der Waals surface area contributed by atoms with E-state index in [2.05, 4.69) is 70.9 Å². The number of carbonyl (C=O) groups is 2. The van der Waals surface area contributed by atoms with E-state index in [0.717, 1.165) is 38.9 Å². The van der Waals surface area contributed by atoms with Crippen molar-refractivity contribution in [3.8, 4) is 0 Å². The van der Waals surface area contributed by atoms with E-state index in [9.17, 15) is 29.9 Å². The predicted molar refractivity (Wildman–Crippen MR) is 188 cm³/mol. The van der Waals surface area contributed by atoms with Crippen LogP contribution in [0.5, 0.6) is 0 Å². The molecule has 0 spiro atoms. The van der Waals surface area contributed by atoms with Crippen LogP contribution < -0.4 is 5.32 Å². The number of likely N-dealkylation sites (tertiary alicyclic amines) is 1. The average Bonchev–Trinajstić information content (AvgIpc) is 3.10. The second kappa shape index (κ2) is 15.2. The molecule has 0 radical (unpaired) electrons. The third-order valence-electron chi connectivity index (χ3n) is 11.6. The Labute approximate surface area is 288 Å². The molecule has 5 atom stereocenters. The molecule has 0 aromatic heterocycles. The normalized spacial score (nSPS) is 27.0. The van der Waals surface area contributed by atoms with Crippen LogP contribution in [0.4, 0.5) is 5.69 Å². The number of nitro groups is 1. The highest BCUT2D eigenvalue weighted by atomic mass is 16.6. The van der Waals surface area contributed by atoms with Crippen molar-refractivity contribution in [2.75, 3.05) is 32.8 Å². The molecule has 2 aliphatic heterocycles. The van der Waals surface area contributed by atoms with E-state index in [1.165, 1.54) is 29.3 Å². The number of hydrogen-bond acceptors (Lipinski definition) is 7. The number of non-ortho nitro benzene ring substituents is 1. The van der Waals surface area contributed by atoms with Crippen molar-refractivity contribution in [3.05, 3.63) is 112 Å². The first-order valence-corrected chi connectivity index (χ1v) is 17.3. The maximum Gasteiger partial charge on any atom is 0.311 e. The van der Waals surface area contributed by atoms with Crippen LogP contribution in [0, 0.1) is 20.9 Å². The molecule has 49 heavy (non-hydrogen) atoms. The molecular weight excluding hydrogens is 622 g/mol. The SMILES string of the molecule is CC1N[C@H](C)C(C)(C(=O)O)C(c2cccc([N+](=O)[O-])c2)C1(CCCOCCCN1CCC(c2ccccc2)(c2ccccc2)CC1)C(=O)O. The maximum atomic E-state index is 13.3. The number of aliphatic carboxylic acids is 2. The third kappa shape index (κ3) is 7.00. The van der Waals surface area contributed by atoms with E-state index >= 15 is 0 Å². The lowest BCUT2D eigenvalue weighted by molar-refractivity contribution is -0.385. The molecule has 2 heterocycles. The molecule has 0 bridgehead atoms. The molecule has 10 heteroatoms. The first-order valence-electron chi connectivity index (χ1n) is 17.3. The Balaban J connectivity index is 1.20. The van der Waals surface area contributed by atoms with E-state index < -0.39 is 45.7 Å². The fraction of sp³-hybridized carbons (Fsp3) is 0.487. The quantitative estimate of drug-likeness (QED) is 0.0996. The number of benzene rings is 3. The largest absolute Gasteiger partial charge is 0.481 e. The lowest BCUT2D eigenvalue weighted by atomic mass is 9.51. The van der Waals surface area contributed by atoms with Crippen LogP contribution >= 0.6 is 0 Å². The highest BCUT2D eigenvalue weighted by Crippen LogP contribution is 2.57. The van der Waals surface area contributed by atoms with Gasteiger partial charge in [-0.15, -0.1) is 0 Å². The van der Waals surface area contributed by atoms with Gasteiger partial charge in [0, 0.05) is 55.3 Å². The van der Waals surface area contributed by atoms with Gasteiger partial charge in [0.1, 0.15) is 0 Å². The summed E-state index contributed by atoms with van der Waals surface area (Å²) in [6, 6.07) is 26.1. The smallest absolute Gasteiger partial charge is 0.311 e. The molecule has 2 fully saturated rings. The number of nitro benzene ring substituents is 1. The van der Waals surface area contributed by atoms with Gasteiger partial charge < -0.3 is 25.2 Å². The molecule has 10 nitrogen and oxygen atoms in total. The van der Waals surface area contributed by atoms with Crippen LogP contribution in [0.3, 0.4) is 0 Å². The van der Waals surface area contributed by atoms with Crippen molar-refractivity contribution >= 4 is 17.6 Å². The molecule has 5 rings (SSSR count). The lowest BCUT2D eigenvalue weighted by Crippen LogP contribution is -2.68. The molecule has 2 aliphatic rings. The average molecular weight is 672 g/mol. The number of carboxylic acid groups (broad SMARTS) is 2. The Morgan fingerprint density at radius 1 is 0.878 bits per heavy atom. The number of nitrogens with one attached hydrogen (secondary N) is 1. The van der Waals surface area contributed by atoms with Gasteiger partial charge in [-0.25, -0.2) is 0 Å². The fourth-order valence-corrected chi connectivity index (χ4v) is 8.65. The summed E-state index contributed by atoms with van der Waals surface area (Å²) in [6.07, 6.45) is 3.45. The number of ether oxygens (including phenoxy) is 1. The summed E-state index contributed by atoms with van der Waals surface area (Å²) in [4.78, 5) is 39.7. The number of hydrogen-bond donors (Lipinski definition) is 3. The summed E-state index contributed by atoms with van der Waals surface area (Å²) in [5.74, 6) is -3.31. The van der Waals surface area contributed by atoms with Crippen molar-refractivity contribution in [1.82, 2.24) is 10.2 Å². The van der Waals surface area contributed by atoms with Crippen LogP contribution in [0.25, 0.3) is 0 Å². The molecule has 0 saturated carbocycles. The van der Waals surface area contributed by atoms with Gasteiger partial charge in [0.25, 0.3) is 5.69 Å². The highest BCUT2D eigenvalue weighted by Gasteiger charge is 2.64. The van der Waals surface area contributed by atoms with Gasteiger partial charge in [0.15, 0.2) is 0 Å². The molecule has 2 saturated heterocycles. The summed E-state index contributed by atoms with van der Waals surface area (Å²) < 4.78 is 6.02. The number of carboxylic acids is 2. The molecule has 3 N–H and O–H groups in total. The van der Waals surface area contributed by atoms with Crippen molar-refractivity contribution in [2.24, 2.45) is 10.8 Å². The van der Waals surface area contributed by atoms with Gasteiger partial charge in [-0.05, 0) is 82.7 Å². The van der Waals surface area contributed by atoms with Gasteiger partial charge in [-0.3, -0.25) is 19.7 Å². The van der Waals surface area contributed by atoms with E-state index in [1.54, 1.807) is 26.8 Å².